The molecule has 1 aromatic rings. The highest BCUT2D eigenvalue weighted by Crippen LogP contribution is 2.00. The molecule has 1 rings (SSSR count). The van der Waals surface area contributed by atoms with Crippen molar-refractivity contribution in [2.45, 2.75) is 32.7 Å². The van der Waals surface area contributed by atoms with E-state index in [0.29, 0.717) is 0 Å². The molecule has 7 heteroatoms. The molecule has 0 radical (unpaired) electrons. The van der Waals surface area contributed by atoms with Crippen LogP contribution in [0.15, 0.2) is 35.3 Å². The van der Waals surface area contributed by atoms with Crippen molar-refractivity contribution in [1.82, 2.24) is 10.6 Å². The molecule has 0 bridgehead atoms. The predicted octanol–water partition coefficient (Wildman–Crippen LogP) is 1.10. The van der Waals surface area contributed by atoms with E-state index in [9.17, 15) is 14.4 Å². The highest BCUT2D eigenvalue weighted by atomic mass is 16.5. The third-order valence-electron chi connectivity index (χ3n) is 2.54. The van der Waals surface area contributed by atoms with Gasteiger partial charge in [0.25, 0.3) is 0 Å². The number of alkyl carbamates (subject to hydrolysis) is 1. The lowest BCUT2D eigenvalue weighted by atomic mass is 10.2. The molecular weight excluding hydrogens is 274 g/mol. The second-order valence-electron chi connectivity index (χ2n) is 4.33. The Bertz CT molecular complexity index is 526. The summed E-state index contributed by atoms with van der Waals surface area (Å²) in [6.07, 6.45) is -0.0565. The lowest BCUT2D eigenvalue weighted by Crippen LogP contribution is -2.47. The van der Waals surface area contributed by atoms with E-state index in [1.807, 2.05) is 30.3 Å². The van der Waals surface area contributed by atoms with Crippen molar-refractivity contribution < 1.29 is 19.1 Å². The zero-order valence-corrected chi connectivity index (χ0v) is 11.8. The molecule has 0 fully saturated rings. The highest BCUT2D eigenvalue weighted by molar-refractivity contribution is 5.85. The summed E-state index contributed by atoms with van der Waals surface area (Å²) in [5.74, 6) is -0.474. The summed E-state index contributed by atoms with van der Waals surface area (Å²) in [7, 11) is 0. The average molecular weight is 291 g/mol. The van der Waals surface area contributed by atoms with Crippen LogP contribution in [-0.4, -0.2) is 30.3 Å². The lowest BCUT2D eigenvalue weighted by molar-refractivity contribution is -0.123. The van der Waals surface area contributed by atoms with Crippen LogP contribution in [0, 0.1) is 0 Å². The van der Waals surface area contributed by atoms with Crippen molar-refractivity contribution >= 4 is 18.1 Å². The van der Waals surface area contributed by atoms with Crippen molar-refractivity contribution in [3.05, 3.63) is 35.9 Å². The molecule has 0 heterocycles. The van der Waals surface area contributed by atoms with Crippen molar-refractivity contribution in [2.75, 3.05) is 0 Å². The summed E-state index contributed by atoms with van der Waals surface area (Å²) in [4.78, 5) is 36.6. The Morgan fingerprint density at radius 1 is 1.24 bits per heavy atom. The van der Waals surface area contributed by atoms with Gasteiger partial charge in [-0.2, -0.15) is 4.99 Å². The Morgan fingerprint density at radius 2 is 1.90 bits per heavy atom. The largest absolute Gasteiger partial charge is 0.445 e. The quantitative estimate of drug-likeness (QED) is 0.606. The summed E-state index contributed by atoms with van der Waals surface area (Å²) in [6.45, 7) is 3.13. The van der Waals surface area contributed by atoms with Gasteiger partial charge in [-0.1, -0.05) is 30.3 Å². The summed E-state index contributed by atoms with van der Waals surface area (Å²) in [5.41, 5.74) is 0.846. The molecule has 112 valence electrons. The van der Waals surface area contributed by atoms with E-state index >= 15 is 0 Å². The molecule has 0 spiro atoms. The molecule has 0 saturated carbocycles. The minimum Gasteiger partial charge on any atom is -0.445 e. The van der Waals surface area contributed by atoms with Gasteiger partial charge in [0.05, 0.1) is 0 Å². The minimum atomic E-state index is -0.808. The number of carbonyl (C=O) groups excluding carboxylic acids is 3. The number of carbonyl (C=O) groups is 2. The Hall–Kier alpha value is -2.66. The van der Waals surface area contributed by atoms with Gasteiger partial charge in [0.2, 0.25) is 12.0 Å². The van der Waals surface area contributed by atoms with Gasteiger partial charge >= 0.3 is 6.09 Å². The number of nitrogens with zero attached hydrogens (tertiary/aromatic N) is 1. The Morgan fingerprint density at radius 3 is 2.52 bits per heavy atom. The fourth-order valence-electron chi connectivity index (χ4n) is 1.45. The number of ether oxygens (including phenoxy) is 1. The summed E-state index contributed by atoms with van der Waals surface area (Å²) < 4.78 is 4.99. The number of isocyanates is 1. The maximum Gasteiger partial charge on any atom is 0.408 e. The van der Waals surface area contributed by atoms with Gasteiger partial charge in [-0.3, -0.25) is 4.79 Å². The number of hydrogen-bond acceptors (Lipinski definition) is 5. The summed E-state index contributed by atoms with van der Waals surface area (Å²) in [5, 5.41) is 4.81. The zero-order chi connectivity index (χ0) is 15.7. The van der Waals surface area contributed by atoms with Crippen LogP contribution >= 0.6 is 0 Å². The third kappa shape index (κ3) is 6.35. The smallest absolute Gasteiger partial charge is 0.408 e. The van der Waals surface area contributed by atoms with Crippen LogP contribution in [-0.2, 0) is 20.9 Å². The first kappa shape index (κ1) is 16.4. The van der Waals surface area contributed by atoms with E-state index in [1.54, 1.807) is 0 Å². The lowest BCUT2D eigenvalue weighted by Gasteiger charge is -2.15. The second-order valence-corrected chi connectivity index (χ2v) is 4.33. The van der Waals surface area contributed by atoms with Crippen LogP contribution in [0.2, 0.25) is 0 Å². The molecule has 21 heavy (non-hydrogen) atoms. The molecule has 0 unspecified atom stereocenters. The number of benzene rings is 1. The van der Waals surface area contributed by atoms with Gasteiger partial charge in [0.15, 0.2) is 0 Å². The first-order valence-electron chi connectivity index (χ1n) is 6.37. The van der Waals surface area contributed by atoms with Crippen molar-refractivity contribution in [3.8, 4) is 0 Å². The third-order valence-corrected chi connectivity index (χ3v) is 2.54. The van der Waals surface area contributed by atoms with E-state index in [4.69, 9.17) is 4.74 Å². The maximum absolute atomic E-state index is 11.7. The van der Waals surface area contributed by atoms with Gasteiger partial charge in [0.1, 0.15) is 18.8 Å². The molecule has 1 aromatic carbocycles. The van der Waals surface area contributed by atoms with Crippen LogP contribution in [0.3, 0.4) is 0 Å². The normalized spacial score (nSPS) is 12.5. The van der Waals surface area contributed by atoms with Crippen molar-refractivity contribution in [1.29, 1.82) is 0 Å². The highest BCUT2D eigenvalue weighted by Gasteiger charge is 2.17. The SMILES string of the molecule is C[C@H](NC(=O)OCc1ccccc1)C(=O)N[C@@H](C)N=C=O. The monoisotopic (exact) mass is 291 g/mol. The van der Waals surface area contributed by atoms with Crippen molar-refractivity contribution in [3.63, 3.8) is 0 Å². The molecule has 7 nitrogen and oxygen atoms in total. The Balaban J connectivity index is 2.36. The Kier molecular flexibility index (Phi) is 6.63. The van der Waals surface area contributed by atoms with Crippen LogP contribution in [0.25, 0.3) is 0 Å². The standard InChI is InChI=1S/C14H17N3O4/c1-10(13(19)17-11(2)15-9-18)16-14(20)21-8-12-6-4-3-5-7-12/h3-7,10-11H,8H2,1-2H3,(H,16,20)(H,17,19)/t10-,11-/m0/s1. The fraction of sp³-hybridized carbons (Fsp3) is 0.357. The van der Waals surface area contributed by atoms with Gasteiger partial charge in [-0.25, -0.2) is 9.59 Å². The number of aliphatic imine (C=N–C) groups is 1. The van der Waals surface area contributed by atoms with Gasteiger partial charge in [-0.05, 0) is 19.4 Å². The van der Waals surface area contributed by atoms with E-state index in [-0.39, 0.29) is 6.61 Å². The van der Waals surface area contributed by atoms with Gasteiger partial charge < -0.3 is 15.4 Å². The molecule has 2 atom stereocenters. The second kappa shape index (κ2) is 8.50. The molecular formula is C14H17N3O4. The Labute approximate surface area is 122 Å². The molecule has 2 amide bonds. The number of hydrogen-bond donors (Lipinski definition) is 2. The molecule has 0 aliphatic carbocycles. The summed E-state index contributed by atoms with van der Waals surface area (Å²) in [6, 6.07) is 8.37. The van der Waals surface area contributed by atoms with Crippen LogP contribution in [0.1, 0.15) is 19.4 Å². The molecule has 0 aliphatic rings. The molecule has 0 aromatic heterocycles. The summed E-state index contributed by atoms with van der Waals surface area (Å²) >= 11 is 0. The minimum absolute atomic E-state index is 0.118. The van der Waals surface area contributed by atoms with Crippen molar-refractivity contribution in [2.24, 2.45) is 4.99 Å². The first-order valence-corrected chi connectivity index (χ1v) is 6.37. The molecule has 0 aliphatic heterocycles. The van der Waals surface area contributed by atoms with E-state index in [2.05, 4.69) is 15.6 Å². The van der Waals surface area contributed by atoms with Crippen LogP contribution in [0.4, 0.5) is 4.79 Å². The first-order chi connectivity index (χ1) is 10.0. The van der Waals surface area contributed by atoms with E-state index < -0.39 is 24.2 Å². The number of amides is 2. The van der Waals surface area contributed by atoms with E-state index in [1.165, 1.54) is 19.9 Å². The van der Waals surface area contributed by atoms with Gasteiger partial charge in [0, 0.05) is 0 Å². The molecule has 2 N–H and O–H groups in total. The number of nitrogens with one attached hydrogen (secondary N) is 2. The predicted molar refractivity (Wildman–Crippen MR) is 75.0 cm³/mol. The van der Waals surface area contributed by atoms with Gasteiger partial charge in [-0.15, -0.1) is 0 Å². The van der Waals surface area contributed by atoms with Crippen LogP contribution in [0.5, 0.6) is 0 Å². The maximum atomic E-state index is 11.7. The number of rotatable bonds is 6. The van der Waals surface area contributed by atoms with Crippen LogP contribution < -0.4 is 10.6 Å². The zero-order valence-electron chi connectivity index (χ0n) is 11.8. The topological polar surface area (TPSA) is 96.9 Å². The fourth-order valence-corrected chi connectivity index (χ4v) is 1.45. The molecule has 0 saturated heterocycles. The van der Waals surface area contributed by atoms with E-state index in [0.717, 1.165) is 5.56 Å². The average Bonchev–Trinajstić information content (AvgIpc) is 2.46.